The second-order valence-electron chi connectivity index (χ2n) is 5.37. The number of benzene rings is 1. The number of halogens is 5. The average molecular weight is 450 g/mol. The predicted molar refractivity (Wildman–Crippen MR) is 109 cm³/mol. The van der Waals surface area contributed by atoms with E-state index in [1.165, 1.54) is 44.9 Å². The monoisotopic (exact) mass is 447 g/mol. The highest BCUT2D eigenvalue weighted by atomic mass is 35.5. The molecule has 0 atom stereocenters. The summed E-state index contributed by atoms with van der Waals surface area (Å²) in [4.78, 5) is 13.2. The van der Waals surface area contributed by atoms with Gasteiger partial charge < -0.3 is 5.11 Å². The van der Waals surface area contributed by atoms with Gasteiger partial charge in [-0.2, -0.15) is 0 Å². The van der Waals surface area contributed by atoms with Crippen molar-refractivity contribution in [1.82, 2.24) is 0 Å². The lowest BCUT2D eigenvalue weighted by atomic mass is 10.1. The van der Waals surface area contributed by atoms with Crippen molar-refractivity contribution in [3.63, 3.8) is 0 Å². The maximum absolute atomic E-state index is 9.72. The van der Waals surface area contributed by atoms with Crippen LogP contribution in [0.1, 0.15) is 58.3 Å². The molecule has 0 bridgehead atoms. The third-order valence-electron chi connectivity index (χ3n) is 3.37. The van der Waals surface area contributed by atoms with Gasteiger partial charge in [0.1, 0.15) is 10.0 Å². The van der Waals surface area contributed by atoms with Crippen molar-refractivity contribution in [1.29, 1.82) is 0 Å². The molecule has 1 N–H and O–H groups in total. The third-order valence-corrected chi connectivity index (χ3v) is 5.63. The Morgan fingerprint density at radius 2 is 1.16 bits per heavy atom. The van der Waals surface area contributed by atoms with Crippen molar-refractivity contribution in [2.45, 2.75) is 58.3 Å². The molecule has 0 unspecified atom stereocenters. The number of unbranched alkanes of at least 4 members (excludes halogenated alkanes) is 7. The first kappa shape index (κ1) is 24.8. The number of phenols is 1. The van der Waals surface area contributed by atoms with Gasteiger partial charge in [0.2, 0.25) is 6.08 Å². The van der Waals surface area contributed by atoms with Gasteiger partial charge >= 0.3 is 0 Å². The lowest BCUT2D eigenvalue weighted by molar-refractivity contribution is 0.476. The number of rotatable bonds is 9. The van der Waals surface area contributed by atoms with Crippen LogP contribution in [-0.2, 0) is 4.79 Å². The molecule has 1 aromatic rings. The van der Waals surface area contributed by atoms with Crippen LogP contribution in [0.5, 0.6) is 5.75 Å². The molecule has 142 valence electrons. The highest BCUT2D eigenvalue weighted by Crippen LogP contribution is 2.47. The number of carbonyl (C=O) groups excluding carboxylic acids is 1. The van der Waals surface area contributed by atoms with Crippen molar-refractivity contribution in [2.24, 2.45) is 4.99 Å². The van der Waals surface area contributed by atoms with E-state index in [2.05, 4.69) is 11.9 Å². The van der Waals surface area contributed by atoms with Gasteiger partial charge in [-0.3, -0.25) is 0 Å². The van der Waals surface area contributed by atoms with Crippen LogP contribution in [-0.4, -0.2) is 17.7 Å². The molecule has 0 aliphatic rings. The molecule has 1 rings (SSSR count). The lowest BCUT2D eigenvalue weighted by Gasteiger charge is -2.06. The SMILES string of the molecule is CCCCCCCCCCN=C=O.Oc1c(Cl)c(Cl)c(Cl)c(Cl)c1Cl. The highest BCUT2D eigenvalue weighted by molar-refractivity contribution is 6.55. The molecule has 25 heavy (non-hydrogen) atoms. The maximum Gasteiger partial charge on any atom is 0.234 e. The van der Waals surface area contributed by atoms with Crippen molar-refractivity contribution in [3.8, 4) is 5.75 Å². The normalized spacial score (nSPS) is 10.0. The van der Waals surface area contributed by atoms with Crippen LogP contribution >= 0.6 is 58.0 Å². The van der Waals surface area contributed by atoms with Crippen LogP contribution in [0.3, 0.4) is 0 Å². The average Bonchev–Trinajstić information content (AvgIpc) is 2.62. The largest absolute Gasteiger partial charge is 0.505 e. The van der Waals surface area contributed by atoms with Gasteiger partial charge in [-0.15, -0.1) is 0 Å². The standard InChI is InChI=1S/C11H21NO.C6HCl5O/c1-2-3-4-5-6-7-8-9-10-12-11-13;7-1-2(8)4(10)6(12)5(11)3(1)9/h2-10H2,1H3;12H. The molecule has 0 heterocycles. The first-order chi connectivity index (χ1) is 11.9. The zero-order valence-electron chi connectivity index (χ0n) is 14.1. The fraction of sp³-hybridized carbons (Fsp3) is 0.588. The van der Waals surface area contributed by atoms with Crippen molar-refractivity contribution in [3.05, 3.63) is 25.1 Å². The molecule has 1 aromatic carbocycles. The molecule has 0 aliphatic carbocycles. The first-order valence-electron chi connectivity index (χ1n) is 8.12. The predicted octanol–water partition coefficient (Wildman–Crippen LogP) is 8.12. The summed E-state index contributed by atoms with van der Waals surface area (Å²) in [6.45, 7) is 2.90. The summed E-state index contributed by atoms with van der Waals surface area (Å²) in [6.07, 6.45) is 11.9. The molecule has 0 radical (unpaired) electrons. The van der Waals surface area contributed by atoms with E-state index < -0.39 is 0 Å². The van der Waals surface area contributed by atoms with E-state index in [1.807, 2.05) is 0 Å². The van der Waals surface area contributed by atoms with E-state index >= 15 is 0 Å². The second kappa shape index (κ2) is 15.0. The maximum atomic E-state index is 9.72. The number of hydrogen-bond donors (Lipinski definition) is 1. The molecule has 0 spiro atoms. The summed E-state index contributed by atoms with van der Waals surface area (Å²) in [5, 5.41) is 9.01. The minimum atomic E-state index is -0.363. The smallest absolute Gasteiger partial charge is 0.234 e. The summed E-state index contributed by atoms with van der Waals surface area (Å²) >= 11 is 27.9. The van der Waals surface area contributed by atoms with Crippen molar-refractivity contribution >= 4 is 64.1 Å². The molecule has 0 aliphatic heterocycles. The summed E-state index contributed by atoms with van der Waals surface area (Å²) in [6, 6.07) is 0. The number of nitrogens with zero attached hydrogens (tertiary/aromatic N) is 1. The summed E-state index contributed by atoms with van der Waals surface area (Å²) < 4.78 is 0. The van der Waals surface area contributed by atoms with Gasteiger partial charge in [-0.25, -0.2) is 9.79 Å². The number of isocyanates is 1. The van der Waals surface area contributed by atoms with Gasteiger partial charge in [0.05, 0.1) is 21.6 Å². The van der Waals surface area contributed by atoms with Crippen LogP contribution in [0, 0.1) is 0 Å². The van der Waals surface area contributed by atoms with Gasteiger partial charge in [-0.1, -0.05) is 110 Å². The minimum absolute atomic E-state index is 0.00904. The highest BCUT2D eigenvalue weighted by Gasteiger charge is 2.18. The molecular weight excluding hydrogens is 427 g/mol. The zero-order valence-corrected chi connectivity index (χ0v) is 17.8. The van der Waals surface area contributed by atoms with Gasteiger partial charge in [0.25, 0.3) is 0 Å². The molecule has 0 saturated heterocycles. The molecule has 0 fully saturated rings. The van der Waals surface area contributed by atoms with Crippen LogP contribution in [0.25, 0.3) is 0 Å². The Bertz CT molecular complexity index is 470. The van der Waals surface area contributed by atoms with Crippen molar-refractivity contribution < 1.29 is 9.90 Å². The Labute approximate surface area is 174 Å². The topological polar surface area (TPSA) is 49.7 Å². The van der Waals surface area contributed by atoms with Gasteiger partial charge in [0.15, 0.2) is 5.75 Å². The Kier molecular flexibility index (Phi) is 14.9. The number of aromatic hydroxyl groups is 1. The van der Waals surface area contributed by atoms with E-state index in [0.29, 0.717) is 6.54 Å². The van der Waals surface area contributed by atoms with E-state index in [0.717, 1.165) is 6.42 Å². The van der Waals surface area contributed by atoms with E-state index in [1.54, 1.807) is 6.08 Å². The van der Waals surface area contributed by atoms with Crippen molar-refractivity contribution in [2.75, 3.05) is 6.54 Å². The quantitative estimate of drug-likeness (QED) is 0.136. The number of phenolic OH excluding ortho intramolecular Hbond substituents is 1. The molecule has 3 nitrogen and oxygen atoms in total. The molecule has 8 heteroatoms. The van der Waals surface area contributed by atoms with Crippen LogP contribution in [0.2, 0.25) is 25.1 Å². The van der Waals surface area contributed by atoms with Crippen LogP contribution in [0.15, 0.2) is 4.99 Å². The van der Waals surface area contributed by atoms with Gasteiger partial charge in [-0.05, 0) is 6.42 Å². The molecular formula is C17H22Cl5NO2. The summed E-state index contributed by atoms with van der Waals surface area (Å²) in [7, 11) is 0. The summed E-state index contributed by atoms with van der Waals surface area (Å²) in [5.74, 6) is -0.363. The van der Waals surface area contributed by atoms with Gasteiger partial charge in [0, 0.05) is 0 Å². The second-order valence-corrected chi connectivity index (χ2v) is 7.26. The van der Waals surface area contributed by atoms with E-state index in [4.69, 9.17) is 58.0 Å². The first-order valence-corrected chi connectivity index (χ1v) is 10.0. The Balaban J connectivity index is 0.000000462. The number of aliphatic imine (C=N–C) groups is 1. The Morgan fingerprint density at radius 3 is 1.60 bits per heavy atom. The molecule has 0 amide bonds. The summed E-state index contributed by atoms with van der Waals surface area (Å²) in [5.41, 5.74) is 0. The molecule has 0 saturated carbocycles. The molecule has 0 aromatic heterocycles. The Hall–Kier alpha value is -0.150. The van der Waals surface area contributed by atoms with E-state index in [-0.39, 0.29) is 30.9 Å². The fourth-order valence-electron chi connectivity index (χ4n) is 1.96. The van der Waals surface area contributed by atoms with Crippen LogP contribution in [0.4, 0.5) is 0 Å². The fourth-order valence-corrected chi connectivity index (χ4v) is 3.09. The minimum Gasteiger partial charge on any atom is -0.505 e. The Morgan fingerprint density at radius 1 is 0.760 bits per heavy atom. The zero-order chi connectivity index (χ0) is 19.2. The lowest BCUT2D eigenvalue weighted by Crippen LogP contribution is -1.83. The third kappa shape index (κ3) is 9.94. The van der Waals surface area contributed by atoms with E-state index in [9.17, 15) is 9.90 Å². The van der Waals surface area contributed by atoms with Crippen LogP contribution < -0.4 is 0 Å². The number of hydrogen-bond acceptors (Lipinski definition) is 3.